The van der Waals surface area contributed by atoms with Crippen LogP contribution in [0.1, 0.15) is 108 Å². The fourth-order valence-corrected chi connectivity index (χ4v) is 10.5. The lowest BCUT2D eigenvalue weighted by molar-refractivity contribution is -0.143. The number of nitrogens with zero attached hydrogens (tertiary/aromatic N) is 3. The summed E-state index contributed by atoms with van der Waals surface area (Å²) in [4.78, 5) is 76.2. The first-order valence-corrected chi connectivity index (χ1v) is 22.4. The van der Waals surface area contributed by atoms with Crippen LogP contribution in [0.4, 0.5) is 13.6 Å². The van der Waals surface area contributed by atoms with Gasteiger partial charge in [0.1, 0.15) is 29.8 Å². The molecule has 328 valence electrons. The number of hydrogen-bond acceptors (Lipinski definition) is 10. The molecule has 3 heterocycles. The second kappa shape index (κ2) is 15.9. The lowest BCUT2D eigenvalue weighted by Gasteiger charge is -2.36. The lowest BCUT2D eigenvalue weighted by atomic mass is 9.85. The fraction of sp³-hybridized carbons (Fsp3) is 0.707. The zero-order valence-corrected chi connectivity index (χ0v) is 35.1. The van der Waals surface area contributed by atoms with E-state index in [0.717, 1.165) is 32.1 Å². The summed E-state index contributed by atoms with van der Waals surface area (Å²) in [6.45, 7) is 8.80. The van der Waals surface area contributed by atoms with Crippen LogP contribution in [0.25, 0.3) is 10.9 Å². The molecule has 4 fully saturated rings. The van der Waals surface area contributed by atoms with Crippen molar-refractivity contribution in [1.29, 1.82) is 0 Å². The molecule has 3 aliphatic carbocycles. The summed E-state index contributed by atoms with van der Waals surface area (Å²) in [5.74, 6) is -4.18. The number of alkyl carbamates (subject to hydrolysis) is 1. The minimum Gasteiger partial charge on any atom is -0.459 e. The standard InChI is InChI=1S/C41H56F2N6O9S.2H2/c1-6-23-15-16-30-25(23)12-8-7-11-19-48-34(51)26-13-9-10-14-28(26)44-37(48)57-24-20-29(49(22-24)35(52)31(39(2,3)4)45-38(54)58-30)33(50)46-41(21-27(41)32(42)43)36(53)47-59(55,56)40(5)17-18-40;;/h9-10,13-14,23-25,27,29-32H,6-8,11-12,15-22H2,1-5H3,(H,45,54)(H,46,50)(H,47,53);2*1H/t23-,24+,25+,27-,29-,30+,31+,41+;;/m0../s1. The van der Waals surface area contributed by atoms with Gasteiger partial charge in [-0.05, 0) is 81.3 Å². The number of aromatic nitrogens is 2. The molecule has 4 amide bonds. The topological polar surface area (TPSA) is 195 Å². The molecule has 1 saturated heterocycles. The maximum atomic E-state index is 14.8. The molecule has 15 nitrogen and oxygen atoms in total. The molecule has 1 aromatic carbocycles. The molecule has 8 atom stereocenters. The van der Waals surface area contributed by atoms with E-state index in [1.54, 1.807) is 45.0 Å². The molecule has 3 N–H and O–H groups in total. The highest BCUT2D eigenvalue weighted by molar-refractivity contribution is 7.91. The predicted octanol–water partition coefficient (Wildman–Crippen LogP) is 4.90. The van der Waals surface area contributed by atoms with E-state index in [1.807, 2.05) is 4.72 Å². The van der Waals surface area contributed by atoms with Crippen molar-refractivity contribution < 1.29 is 48.7 Å². The van der Waals surface area contributed by atoms with Gasteiger partial charge in [-0.3, -0.25) is 28.5 Å². The number of hydrogen-bond donors (Lipinski definition) is 3. The van der Waals surface area contributed by atoms with Crippen molar-refractivity contribution in [3.63, 3.8) is 0 Å². The second-order valence-corrected chi connectivity index (χ2v) is 20.7. The minimum absolute atomic E-state index is 0. The smallest absolute Gasteiger partial charge is 0.408 e. The molecule has 0 radical (unpaired) electrons. The number of carbonyl (C=O) groups is 4. The van der Waals surface area contributed by atoms with Gasteiger partial charge in [0.2, 0.25) is 28.3 Å². The van der Waals surface area contributed by atoms with Crippen molar-refractivity contribution >= 4 is 44.7 Å². The lowest BCUT2D eigenvalue weighted by Crippen LogP contribution is -2.60. The van der Waals surface area contributed by atoms with Gasteiger partial charge < -0.3 is 25.0 Å². The molecule has 2 aliphatic heterocycles. The monoisotopic (exact) mass is 850 g/mol. The van der Waals surface area contributed by atoms with E-state index in [-0.39, 0.29) is 58.8 Å². The Balaban J connectivity index is 0.00000352. The largest absolute Gasteiger partial charge is 0.459 e. The molecule has 2 aromatic rings. The van der Waals surface area contributed by atoms with Crippen molar-refractivity contribution in [2.45, 2.75) is 153 Å². The van der Waals surface area contributed by atoms with Gasteiger partial charge in [-0.25, -0.2) is 22.0 Å². The van der Waals surface area contributed by atoms with Gasteiger partial charge >= 0.3 is 6.09 Å². The number of para-hydroxylation sites is 1. The number of amides is 4. The van der Waals surface area contributed by atoms with Crippen LogP contribution in [0.2, 0.25) is 0 Å². The molecule has 5 aliphatic rings. The molecule has 59 heavy (non-hydrogen) atoms. The Labute approximate surface area is 345 Å². The average Bonchev–Trinajstić information content (AvgIpc) is 4.01. The molecular formula is C41H60F2N6O9S. The van der Waals surface area contributed by atoms with E-state index in [0.29, 0.717) is 29.7 Å². The fourth-order valence-electron chi connectivity index (χ4n) is 9.21. The third kappa shape index (κ3) is 8.38. The molecule has 1 aromatic heterocycles. The number of ether oxygens (including phenoxy) is 2. The Bertz CT molecular complexity index is 2170. The van der Waals surface area contributed by atoms with Crippen LogP contribution in [-0.4, -0.2) is 94.2 Å². The van der Waals surface area contributed by atoms with Crippen LogP contribution >= 0.6 is 0 Å². The number of benzene rings is 1. The average molecular weight is 851 g/mol. The van der Waals surface area contributed by atoms with Crippen molar-refractivity contribution in [2.24, 2.45) is 23.2 Å². The first-order valence-electron chi connectivity index (χ1n) is 20.9. The predicted molar refractivity (Wildman–Crippen MR) is 216 cm³/mol. The van der Waals surface area contributed by atoms with Gasteiger partial charge in [0.15, 0.2) is 0 Å². The van der Waals surface area contributed by atoms with Crippen LogP contribution in [-0.2, 0) is 35.7 Å². The number of alkyl halides is 2. The Morgan fingerprint density at radius 3 is 2.46 bits per heavy atom. The van der Waals surface area contributed by atoms with Crippen LogP contribution in [0.5, 0.6) is 6.01 Å². The quantitative estimate of drug-likeness (QED) is 0.345. The molecule has 18 heteroatoms. The highest BCUT2D eigenvalue weighted by Crippen LogP contribution is 2.49. The SMILES string of the molecule is CC[C@H]1CC[C@H]2OC(=O)N[C@@H](C(C)(C)C)C(=O)N3C[C@@H](C[C@H]3C(=O)N[C@]3(C(=O)NS(=O)(=O)C4(C)CC4)C[C@H]3C(F)F)Oc3nc4ccccc4c(=O)n3CCCCC[C@H]12.[HH].[HH]. The van der Waals surface area contributed by atoms with Gasteiger partial charge in [-0.1, -0.05) is 59.1 Å². The first-order chi connectivity index (χ1) is 27.8. The van der Waals surface area contributed by atoms with Crippen LogP contribution < -0.4 is 25.7 Å². The van der Waals surface area contributed by atoms with Gasteiger partial charge in [0.25, 0.3) is 17.5 Å². The maximum Gasteiger partial charge on any atom is 0.408 e. The van der Waals surface area contributed by atoms with Crippen molar-refractivity contribution in [1.82, 2.24) is 29.8 Å². The van der Waals surface area contributed by atoms with Crippen molar-refractivity contribution in [2.75, 3.05) is 6.54 Å². The highest BCUT2D eigenvalue weighted by atomic mass is 32.2. The van der Waals surface area contributed by atoms with Gasteiger partial charge in [-0.15, -0.1) is 0 Å². The molecule has 0 spiro atoms. The number of sulfonamides is 1. The summed E-state index contributed by atoms with van der Waals surface area (Å²) in [5, 5.41) is 5.60. The van der Waals surface area contributed by atoms with Crippen LogP contribution in [0, 0.1) is 23.2 Å². The summed E-state index contributed by atoms with van der Waals surface area (Å²) < 4.78 is 69.2. The number of nitrogens with one attached hydrogen (secondary N) is 3. The Hall–Kier alpha value is -4.35. The number of halogens is 2. The summed E-state index contributed by atoms with van der Waals surface area (Å²) in [6.07, 6.45) is 0.181. The van der Waals surface area contributed by atoms with E-state index in [4.69, 9.17) is 14.5 Å². The molecular weight excluding hydrogens is 791 g/mol. The molecule has 3 saturated carbocycles. The van der Waals surface area contributed by atoms with E-state index in [1.165, 1.54) is 16.4 Å². The normalized spacial score (nSPS) is 31.2. The zero-order chi connectivity index (χ0) is 42.7. The summed E-state index contributed by atoms with van der Waals surface area (Å²) >= 11 is 0. The van der Waals surface area contributed by atoms with Crippen molar-refractivity contribution in [3.8, 4) is 6.01 Å². The molecule has 2 bridgehead atoms. The Kier molecular flexibility index (Phi) is 11.5. The highest BCUT2D eigenvalue weighted by Gasteiger charge is 2.67. The first kappa shape index (κ1) is 42.8. The second-order valence-electron chi connectivity index (χ2n) is 18.5. The van der Waals surface area contributed by atoms with E-state index < -0.39 is 86.5 Å². The number of fused-ring (bicyclic) bond motifs is 5. The van der Waals surface area contributed by atoms with Crippen molar-refractivity contribution in [3.05, 3.63) is 34.6 Å². The third-order valence-electron chi connectivity index (χ3n) is 13.3. The third-order valence-corrected chi connectivity index (χ3v) is 15.5. The summed E-state index contributed by atoms with van der Waals surface area (Å²) in [5.41, 5.74) is -3.12. The number of carbonyl (C=O) groups excluding carboxylic acids is 4. The number of rotatable bonds is 7. The van der Waals surface area contributed by atoms with E-state index in [9.17, 15) is 41.2 Å². The van der Waals surface area contributed by atoms with Gasteiger partial charge in [0, 0.05) is 15.8 Å². The molecule has 0 unspecified atom stereocenters. The van der Waals surface area contributed by atoms with Crippen LogP contribution in [0.3, 0.4) is 0 Å². The molecule has 7 rings (SSSR count). The zero-order valence-electron chi connectivity index (χ0n) is 34.3. The Morgan fingerprint density at radius 2 is 1.80 bits per heavy atom. The Morgan fingerprint density at radius 1 is 1.07 bits per heavy atom. The maximum absolute atomic E-state index is 14.8. The van der Waals surface area contributed by atoms with Gasteiger partial charge in [-0.2, -0.15) is 4.98 Å². The van der Waals surface area contributed by atoms with E-state index in [2.05, 4.69) is 17.6 Å². The van der Waals surface area contributed by atoms with Crippen LogP contribution in [0.15, 0.2) is 29.1 Å². The summed E-state index contributed by atoms with van der Waals surface area (Å²) in [6, 6.07) is 4.16. The minimum atomic E-state index is -4.25. The van der Waals surface area contributed by atoms with E-state index >= 15 is 0 Å². The van der Waals surface area contributed by atoms with Gasteiger partial charge in [0.05, 0.1) is 28.1 Å². The summed E-state index contributed by atoms with van der Waals surface area (Å²) in [7, 11) is -4.25.